The second kappa shape index (κ2) is 7.56. The summed E-state index contributed by atoms with van der Waals surface area (Å²) < 4.78 is 5.75. The van der Waals surface area contributed by atoms with E-state index in [0.29, 0.717) is 24.7 Å². The van der Waals surface area contributed by atoms with E-state index in [1.807, 2.05) is 24.3 Å². The summed E-state index contributed by atoms with van der Waals surface area (Å²) in [5, 5.41) is 13.6. The summed E-state index contributed by atoms with van der Waals surface area (Å²) in [6.45, 7) is 0.773. The number of rotatable bonds is 3. The smallest absolute Gasteiger partial charge is 0.407 e. The van der Waals surface area contributed by atoms with Gasteiger partial charge in [0, 0.05) is 35.8 Å². The number of aromatic nitrogens is 2. The van der Waals surface area contributed by atoms with E-state index in [2.05, 4.69) is 27.1 Å². The first kappa shape index (κ1) is 18.4. The highest BCUT2D eigenvalue weighted by Crippen LogP contribution is 2.25. The van der Waals surface area contributed by atoms with Gasteiger partial charge in [-0.25, -0.2) is 14.8 Å². The zero-order valence-electron chi connectivity index (χ0n) is 15.7. The fraction of sp³-hybridized carbons (Fsp3) is 0.190. The average Bonchev–Trinajstić information content (AvgIpc) is 2.69. The summed E-state index contributed by atoms with van der Waals surface area (Å²) in [7, 11) is 1.80. The van der Waals surface area contributed by atoms with Gasteiger partial charge in [-0.2, -0.15) is 0 Å². The van der Waals surface area contributed by atoms with Crippen molar-refractivity contribution >= 4 is 28.5 Å². The summed E-state index contributed by atoms with van der Waals surface area (Å²) in [5.41, 5.74) is 7.43. The quantitative estimate of drug-likeness (QED) is 0.590. The first-order valence-electron chi connectivity index (χ1n) is 9.02. The minimum atomic E-state index is -0.919. The van der Waals surface area contributed by atoms with Crippen LogP contribution >= 0.6 is 0 Å². The molecule has 0 atom stereocenters. The second-order valence-corrected chi connectivity index (χ2v) is 6.63. The third-order valence-electron chi connectivity index (χ3n) is 4.65. The Morgan fingerprint density at radius 1 is 1.21 bits per heavy atom. The van der Waals surface area contributed by atoms with Crippen LogP contribution in [-0.2, 0) is 0 Å². The highest BCUT2D eigenvalue weighted by molar-refractivity contribution is 5.96. The van der Waals surface area contributed by atoms with Crippen LogP contribution in [-0.4, -0.2) is 52.3 Å². The van der Waals surface area contributed by atoms with Gasteiger partial charge in [-0.3, -0.25) is 0 Å². The molecule has 29 heavy (non-hydrogen) atoms. The fourth-order valence-corrected chi connectivity index (χ4v) is 3.07. The molecule has 1 aliphatic heterocycles. The van der Waals surface area contributed by atoms with E-state index < -0.39 is 6.09 Å². The van der Waals surface area contributed by atoms with Gasteiger partial charge in [0.2, 0.25) is 0 Å². The van der Waals surface area contributed by atoms with Crippen molar-refractivity contribution in [2.24, 2.45) is 0 Å². The SMILES string of the molecule is CNc1ncc(C#Cc2ccc(OC3CN(C(=O)O)C3)cc2)c2cc(N)ncc12. The number of hydrogen-bond donors (Lipinski definition) is 3. The van der Waals surface area contributed by atoms with Crippen molar-refractivity contribution in [2.45, 2.75) is 6.10 Å². The molecule has 4 N–H and O–H groups in total. The number of likely N-dealkylation sites (tertiary alicyclic amines) is 1. The molecule has 3 heterocycles. The summed E-state index contributed by atoms with van der Waals surface area (Å²) in [4.78, 5) is 20.6. The van der Waals surface area contributed by atoms with Gasteiger partial charge in [0.1, 0.15) is 23.5 Å². The standard InChI is InChI=1S/C21H19N5O3/c1-23-20-18-10-24-19(22)8-17(18)14(9-25-20)5-2-13-3-6-15(7-4-13)29-16-11-26(12-16)21(27)28/h3-4,6-10,16H,11-12H2,1H3,(H2,22,24)(H,23,25)(H,27,28). The Hall–Kier alpha value is -3.99. The monoisotopic (exact) mass is 389 g/mol. The zero-order chi connectivity index (χ0) is 20.4. The number of hydrogen-bond acceptors (Lipinski definition) is 6. The van der Waals surface area contributed by atoms with Crippen LogP contribution in [0, 0.1) is 11.8 Å². The molecule has 0 aliphatic carbocycles. The molecule has 2 aromatic heterocycles. The maximum atomic E-state index is 10.8. The third kappa shape index (κ3) is 3.84. The molecule has 8 nitrogen and oxygen atoms in total. The predicted molar refractivity (Wildman–Crippen MR) is 110 cm³/mol. The molecule has 8 heteroatoms. The van der Waals surface area contributed by atoms with Gasteiger partial charge in [-0.1, -0.05) is 11.8 Å². The van der Waals surface area contributed by atoms with Gasteiger partial charge < -0.3 is 25.8 Å². The number of carboxylic acid groups (broad SMARTS) is 1. The number of fused-ring (bicyclic) bond motifs is 1. The Morgan fingerprint density at radius 3 is 2.66 bits per heavy atom. The van der Waals surface area contributed by atoms with Crippen LogP contribution in [0.1, 0.15) is 11.1 Å². The topological polar surface area (TPSA) is 114 Å². The van der Waals surface area contributed by atoms with Crippen LogP contribution in [0.5, 0.6) is 5.75 Å². The van der Waals surface area contributed by atoms with E-state index in [0.717, 1.165) is 27.7 Å². The number of pyridine rings is 2. The van der Waals surface area contributed by atoms with Gasteiger partial charge in [0.25, 0.3) is 0 Å². The molecule has 1 saturated heterocycles. The van der Waals surface area contributed by atoms with Crippen molar-refractivity contribution in [3.8, 4) is 17.6 Å². The minimum Gasteiger partial charge on any atom is -0.487 e. The van der Waals surface area contributed by atoms with E-state index in [1.165, 1.54) is 4.90 Å². The number of nitrogens with zero attached hydrogens (tertiary/aromatic N) is 3. The Balaban J connectivity index is 1.51. The number of nitrogens with two attached hydrogens (primary N) is 1. The van der Waals surface area contributed by atoms with E-state index >= 15 is 0 Å². The summed E-state index contributed by atoms with van der Waals surface area (Å²) in [6, 6.07) is 9.18. The summed E-state index contributed by atoms with van der Waals surface area (Å²) in [6.07, 6.45) is 2.37. The second-order valence-electron chi connectivity index (χ2n) is 6.63. The maximum absolute atomic E-state index is 10.8. The Bertz CT molecular complexity index is 1130. The number of ether oxygens (including phenoxy) is 1. The van der Waals surface area contributed by atoms with Crippen molar-refractivity contribution in [2.75, 3.05) is 31.2 Å². The summed E-state index contributed by atoms with van der Waals surface area (Å²) in [5.74, 6) is 8.11. The largest absolute Gasteiger partial charge is 0.487 e. The number of anilines is 2. The number of benzene rings is 1. The van der Waals surface area contributed by atoms with E-state index in [4.69, 9.17) is 15.6 Å². The van der Waals surface area contributed by atoms with Gasteiger partial charge in [0.05, 0.1) is 18.7 Å². The van der Waals surface area contributed by atoms with Crippen molar-refractivity contribution in [1.29, 1.82) is 0 Å². The molecule has 1 aliphatic rings. The lowest BCUT2D eigenvalue weighted by molar-refractivity contribution is 0.0252. The van der Waals surface area contributed by atoms with Gasteiger partial charge in [-0.05, 0) is 30.3 Å². The molecule has 146 valence electrons. The van der Waals surface area contributed by atoms with E-state index in [9.17, 15) is 4.79 Å². The van der Waals surface area contributed by atoms with Crippen LogP contribution in [0.3, 0.4) is 0 Å². The van der Waals surface area contributed by atoms with Crippen molar-refractivity contribution in [3.63, 3.8) is 0 Å². The first-order valence-corrected chi connectivity index (χ1v) is 9.02. The molecular formula is C21H19N5O3. The van der Waals surface area contributed by atoms with Gasteiger partial charge in [0.15, 0.2) is 0 Å². The third-order valence-corrected chi connectivity index (χ3v) is 4.65. The zero-order valence-corrected chi connectivity index (χ0v) is 15.7. The fourth-order valence-electron chi connectivity index (χ4n) is 3.07. The molecule has 4 rings (SSSR count). The maximum Gasteiger partial charge on any atom is 0.407 e. The Kier molecular flexibility index (Phi) is 4.79. The predicted octanol–water partition coefficient (Wildman–Crippen LogP) is 2.39. The lowest BCUT2D eigenvalue weighted by Gasteiger charge is -2.36. The molecule has 0 unspecified atom stereocenters. The molecule has 1 fully saturated rings. The van der Waals surface area contributed by atoms with Gasteiger partial charge >= 0.3 is 6.09 Å². The van der Waals surface area contributed by atoms with E-state index in [-0.39, 0.29) is 6.10 Å². The molecule has 0 radical (unpaired) electrons. The number of nitrogen functional groups attached to an aromatic ring is 1. The molecule has 0 bridgehead atoms. The van der Waals surface area contributed by atoms with Crippen molar-refractivity contribution in [1.82, 2.24) is 14.9 Å². The number of nitrogens with one attached hydrogen (secondary N) is 1. The normalized spacial score (nSPS) is 13.3. The van der Waals surface area contributed by atoms with E-state index in [1.54, 1.807) is 25.5 Å². The lowest BCUT2D eigenvalue weighted by atomic mass is 10.1. The number of amides is 1. The molecule has 0 spiro atoms. The van der Waals surface area contributed by atoms with Crippen LogP contribution in [0.15, 0.2) is 42.7 Å². The van der Waals surface area contributed by atoms with Crippen molar-refractivity contribution in [3.05, 3.63) is 53.9 Å². The Morgan fingerprint density at radius 2 is 1.97 bits per heavy atom. The molecule has 3 aromatic rings. The number of carbonyl (C=O) groups is 1. The van der Waals surface area contributed by atoms with Gasteiger partial charge in [-0.15, -0.1) is 0 Å². The molecule has 1 amide bonds. The lowest BCUT2D eigenvalue weighted by Crippen LogP contribution is -2.55. The average molecular weight is 389 g/mol. The highest BCUT2D eigenvalue weighted by atomic mass is 16.5. The molecule has 0 saturated carbocycles. The van der Waals surface area contributed by atoms with Crippen LogP contribution in [0.25, 0.3) is 10.8 Å². The highest BCUT2D eigenvalue weighted by Gasteiger charge is 2.31. The molecular weight excluding hydrogens is 370 g/mol. The first-order chi connectivity index (χ1) is 14.0. The molecule has 1 aromatic carbocycles. The minimum absolute atomic E-state index is 0.106. The van der Waals surface area contributed by atoms with Crippen LogP contribution in [0.2, 0.25) is 0 Å². The Labute approximate surface area is 167 Å². The summed E-state index contributed by atoms with van der Waals surface area (Å²) >= 11 is 0. The van der Waals surface area contributed by atoms with Crippen molar-refractivity contribution < 1.29 is 14.6 Å². The van der Waals surface area contributed by atoms with Crippen LogP contribution in [0.4, 0.5) is 16.4 Å². The van der Waals surface area contributed by atoms with Crippen LogP contribution < -0.4 is 15.8 Å².